The Balaban J connectivity index is 2.67. The van der Waals surface area contributed by atoms with Crippen molar-refractivity contribution in [3.8, 4) is 0 Å². The molecule has 0 radical (unpaired) electrons. The second-order valence-corrected chi connectivity index (χ2v) is 4.08. The van der Waals surface area contributed by atoms with Gasteiger partial charge in [0.1, 0.15) is 0 Å². The van der Waals surface area contributed by atoms with Crippen molar-refractivity contribution in [3.63, 3.8) is 0 Å². The van der Waals surface area contributed by atoms with Crippen LogP contribution in [0.4, 0.5) is 5.69 Å². The normalized spacial score (nSPS) is 12.5. The fourth-order valence-corrected chi connectivity index (χ4v) is 1.67. The highest BCUT2D eigenvalue weighted by atomic mass is 15.3. The van der Waals surface area contributed by atoms with E-state index in [0.717, 1.165) is 18.5 Å². The van der Waals surface area contributed by atoms with Crippen LogP contribution in [0.5, 0.6) is 0 Å². The van der Waals surface area contributed by atoms with Crippen molar-refractivity contribution in [1.82, 2.24) is 9.78 Å². The first-order valence-corrected chi connectivity index (χ1v) is 5.44. The number of nitrogens with zero attached hydrogens (tertiary/aromatic N) is 2. The molecule has 1 unspecified atom stereocenters. The number of aryl methyl sites for hydroxylation is 2. The molecule has 0 amide bonds. The molecule has 0 saturated carbocycles. The Morgan fingerprint density at radius 1 is 1.53 bits per heavy atom. The molecule has 1 aromatic rings. The Bertz CT molecular complexity index is 339. The van der Waals surface area contributed by atoms with Crippen LogP contribution in [0.2, 0.25) is 0 Å². The Hall–Kier alpha value is -1.25. The van der Waals surface area contributed by atoms with E-state index in [1.54, 1.807) is 0 Å². The maximum atomic E-state index is 4.38. The fraction of sp³-hybridized carbons (Fsp3) is 0.583. The number of hydrogen-bond donors (Lipinski definition) is 1. The van der Waals surface area contributed by atoms with Crippen molar-refractivity contribution in [1.29, 1.82) is 0 Å². The topological polar surface area (TPSA) is 29.9 Å². The van der Waals surface area contributed by atoms with E-state index in [9.17, 15) is 0 Å². The third-order valence-corrected chi connectivity index (χ3v) is 2.70. The molecule has 1 aromatic heterocycles. The van der Waals surface area contributed by atoms with Gasteiger partial charge in [0.05, 0.1) is 17.1 Å². The lowest BCUT2D eigenvalue weighted by Gasteiger charge is -2.14. The number of rotatable bonds is 5. The summed E-state index contributed by atoms with van der Waals surface area (Å²) in [6, 6.07) is 0.463. The van der Waals surface area contributed by atoms with Crippen molar-refractivity contribution in [2.45, 2.75) is 39.7 Å². The van der Waals surface area contributed by atoms with E-state index < -0.39 is 0 Å². The molecule has 3 heteroatoms. The van der Waals surface area contributed by atoms with E-state index in [1.807, 2.05) is 24.7 Å². The molecular weight excluding hydrogens is 186 g/mol. The second kappa shape index (κ2) is 5.01. The van der Waals surface area contributed by atoms with E-state index in [-0.39, 0.29) is 0 Å². The van der Waals surface area contributed by atoms with Crippen LogP contribution in [-0.2, 0) is 7.05 Å². The predicted molar refractivity (Wildman–Crippen MR) is 65.2 cm³/mol. The van der Waals surface area contributed by atoms with E-state index in [4.69, 9.17) is 0 Å². The van der Waals surface area contributed by atoms with E-state index in [1.165, 1.54) is 11.4 Å². The van der Waals surface area contributed by atoms with Gasteiger partial charge in [-0.05, 0) is 33.6 Å². The van der Waals surface area contributed by atoms with E-state index in [0.29, 0.717) is 6.04 Å². The van der Waals surface area contributed by atoms with Gasteiger partial charge >= 0.3 is 0 Å². The van der Waals surface area contributed by atoms with Crippen molar-refractivity contribution >= 4 is 5.69 Å². The Labute approximate surface area is 92.2 Å². The van der Waals surface area contributed by atoms with Crippen LogP contribution in [0.25, 0.3) is 0 Å². The van der Waals surface area contributed by atoms with Crippen LogP contribution in [0.15, 0.2) is 12.7 Å². The molecule has 15 heavy (non-hydrogen) atoms. The van der Waals surface area contributed by atoms with Gasteiger partial charge in [-0.3, -0.25) is 4.68 Å². The minimum Gasteiger partial charge on any atom is -0.380 e. The largest absolute Gasteiger partial charge is 0.380 e. The molecule has 0 aliphatic heterocycles. The van der Waals surface area contributed by atoms with E-state index in [2.05, 4.69) is 30.8 Å². The average molecular weight is 207 g/mol. The summed E-state index contributed by atoms with van der Waals surface area (Å²) in [5.74, 6) is 0. The molecule has 0 fully saturated rings. The zero-order valence-electron chi connectivity index (χ0n) is 10.2. The first-order chi connectivity index (χ1) is 7.06. The van der Waals surface area contributed by atoms with Crippen LogP contribution >= 0.6 is 0 Å². The molecule has 84 valence electrons. The summed E-state index contributed by atoms with van der Waals surface area (Å²) in [5.41, 5.74) is 3.44. The summed E-state index contributed by atoms with van der Waals surface area (Å²) >= 11 is 0. The lowest BCUT2D eigenvalue weighted by molar-refractivity contribution is 0.715. The van der Waals surface area contributed by atoms with Crippen LogP contribution in [0.1, 0.15) is 31.2 Å². The number of nitrogens with one attached hydrogen (secondary N) is 1. The Kier molecular flexibility index (Phi) is 3.95. The number of anilines is 1. The monoisotopic (exact) mass is 207 g/mol. The molecule has 0 aromatic carbocycles. The SMILES string of the molecule is C=CCCC(C)Nc1c(C)nn(C)c1C. The molecule has 0 aliphatic carbocycles. The number of hydrogen-bond acceptors (Lipinski definition) is 2. The molecule has 0 saturated heterocycles. The van der Waals surface area contributed by atoms with Gasteiger partial charge in [0.15, 0.2) is 0 Å². The lowest BCUT2D eigenvalue weighted by Crippen LogP contribution is -2.15. The minimum absolute atomic E-state index is 0.463. The van der Waals surface area contributed by atoms with Crippen molar-refractivity contribution in [2.75, 3.05) is 5.32 Å². The predicted octanol–water partition coefficient (Wildman–Crippen LogP) is 2.80. The standard InChI is InChI=1S/C12H21N3/c1-6-7-8-9(2)13-12-10(3)14-15(5)11(12)4/h6,9,13H,1,7-8H2,2-5H3. The van der Waals surface area contributed by atoms with Gasteiger partial charge in [-0.25, -0.2) is 0 Å². The highest BCUT2D eigenvalue weighted by Crippen LogP contribution is 2.20. The summed E-state index contributed by atoms with van der Waals surface area (Å²) in [5, 5.41) is 7.88. The van der Waals surface area contributed by atoms with Crippen LogP contribution in [-0.4, -0.2) is 15.8 Å². The molecule has 0 bridgehead atoms. The third kappa shape index (κ3) is 2.85. The molecule has 1 rings (SSSR count). The highest BCUT2D eigenvalue weighted by Gasteiger charge is 2.10. The summed E-state index contributed by atoms with van der Waals surface area (Å²) in [6.45, 7) is 10.0. The first kappa shape index (κ1) is 11.8. The van der Waals surface area contributed by atoms with Crippen molar-refractivity contribution in [3.05, 3.63) is 24.0 Å². The van der Waals surface area contributed by atoms with Gasteiger partial charge in [-0.2, -0.15) is 5.10 Å². The summed E-state index contributed by atoms with van der Waals surface area (Å²) in [4.78, 5) is 0. The number of allylic oxidation sites excluding steroid dienone is 1. The second-order valence-electron chi connectivity index (χ2n) is 4.08. The smallest absolute Gasteiger partial charge is 0.0827 e. The zero-order chi connectivity index (χ0) is 11.4. The Morgan fingerprint density at radius 3 is 2.67 bits per heavy atom. The van der Waals surface area contributed by atoms with Crippen LogP contribution in [0.3, 0.4) is 0 Å². The van der Waals surface area contributed by atoms with Gasteiger partial charge in [0, 0.05) is 13.1 Å². The fourth-order valence-electron chi connectivity index (χ4n) is 1.67. The summed E-state index contributed by atoms with van der Waals surface area (Å²) < 4.78 is 1.91. The third-order valence-electron chi connectivity index (χ3n) is 2.70. The van der Waals surface area contributed by atoms with Crippen LogP contribution < -0.4 is 5.32 Å². The lowest BCUT2D eigenvalue weighted by atomic mass is 10.1. The molecular formula is C12H21N3. The molecule has 0 spiro atoms. The molecule has 3 nitrogen and oxygen atoms in total. The summed E-state index contributed by atoms with van der Waals surface area (Å²) in [6.07, 6.45) is 4.12. The molecule has 0 aliphatic rings. The molecule has 1 N–H and O–H groups in total. The quantitative estimate of drug-likeness (QED) is 0.752. The zero-order valence-corrected chi connectivity index (χ0v) is 10.2. The van der Waals surface area contributed by atoms with Gasteiger partial charge in [-0.1, -0.05) is 6.08 Å². The maximum absolute atomic E-state index is 4.38. The Morgan fingerprint density at radius 2 is 2.20 bits per heavy atom. The van der Waals surface area contributed by atoms with Crippen molar-refractivity contribution < 1.29 is 0 Å². The number of aromatic nitrogens is 2. The van der Waals surface area contributed by atoms with Crippen LogP contribution in [0, 0.1) is 13.8 Å². The van der Waals surface area contributed by atoms with Gasteiger partial charge in [-0.15, -0.1) is 6.58 Å². The highest BCUT2D eigenvalue weighted by molar-refractivity contribution is 5.52. The van der Waals surface area contributed by atoms with Gasteiger partial charge in [0.2, 0.25) is 0 Å². The molecule has 1 atom stereocenters. The van der Waals surface area contributed by atoms with Crippen molar-refractivity contribution in [2.24, 2.45) is 7.05 Å². The van der Waals surface area contributed by atoms with E-state index >= 15 is 0 Å². The average Bonchev–Trinajstić information content (AvgIpc) is 2.42. The van der Waals surface area contributed by atoms with Gasteiger partial charge < -0.3 is 5.32 Å². The molecule has 1 heterocycles. The maximum Gasteiger partial charge on any atom is 0.0827 e. The first-order valence-electron chi connectivity index (χ1n) is 5.44. The van der Waals surface area contributed by atoms with Gasteiger partial charge in [0.25, 0.3) is 0 Å². The minimum atomic E-state index is 0.463. The summed E-state index contributed by atoms with van der Waals surface area (Å²) in [7, 11) is 1.97.